The third kappa shape index (κ3) is 6.13. The molecule has 0 radical (unpaired) electrons. The molecule has 8 heteroatoms. The molecule has 0 amide bonds. The van der Waals surface area contributed by atoms with E-state index in [9.17, 15) is 8.42 Å². The second kappa shape index (κ2) is 8.47. The Morgan fingerprint density at radius 3 is 2.71 bits per heavy atom. The summed E-state index contributed by atoms with van der Waals surface area (Å²) in [6.07, 6.45) is 3.58. The summed E-state index contributed by atoms with van der Waals surface area (Å²) in [4.78, 5) is 0.182. The Hall–Kier alpha value is -0.960. The highest BCUT2D eigenvalue weighted by Gasteiger charge is 2.20. The number of hydrogen-bond donors (Lipinski definition) is 2. The van der Waals surface area contributed by atoms with Crippen molar-refractivity contribution in [1.29, 1.82) is 0 Å². The number of nitrogens with zero attached hydrogens (tertiary/aromatic N) is 2. The molecule has 1 rings (SSSR count). The zero-order chi connectivity index (χ0) is 15.9. The lowest BCUT2D eigenvalue weighted by molar-refractivity contribution is 0.173. The number of methoxy groups -OCH3 is 1. The fourth-order valence-corrected chi connectivity index (χ4v) is 3.05. The highest BCUT2D eigenvalue weighted by molar-refractivity contribution is 7.89. The maximum atomic E-state index is 12.2. The summed E-state index contributed by atoms with van der Waals surface area (Å²) < 4.78 is 33.7. The Balaban J connectivity index is 2.65. The number of aromatic nitrogens is 2. The molecule has 1 aromatic rings. The topological polar surface area (TPSA) is 85.2 Å². The van der Waals surface area contributed by atoms with E-state index in [1.165, 1.54) is 6.20 Å². The highest BCUT2D eigenvalue weighted by atomic mass is 32.2. The van der Waals surface area contributed by atoms with Gasteiger partial charge in [-0.1, -0.05) is 20.8 Å². The van der Waals surface area contributed by atoms with E-state index in [0.717, 1.165) is 6.54 Å². The van der Waals surface area contributed by atoms with E-state index in [-0.39, 0.29) is 10.9 Å². The lowest BCUT2D eigenvalue weighted by Crippen LogP contribution is -2.37. The molecule has 0 aliphatic heterocycles. The van der Waals surface area contributed by atoms with Gasteiger partial charge < -0.3 is 10.1 Å². The van der Waals surface area contributed by atoms with Crippen LogP contribution in [-0.2, 0) is 21.3 Å². The lowest BCUT2D eigenvalue weighted by Gasteiger charge is -2.15. The number of hydrogen-bond acceptors (Lipinski definition) is 5. The van der Waals surface area contributed by atoms with Gasteiger partial charge in [-0.25, -0.2) is 13.1 Å². The van der Waals surface area contributed by atoms with Crippen LogP contribution < -0.4 is 10.0 Å². The molecule has 1 heterocycles. The molecular weight excluding hydrogens is 292 g/mol. The standard InChI is InChI=1S/C13H26N4O3S/c1-5-12(10-20-4)16-21(18,19)13-8-15-17(9-13)7-6-14-11(2)3/h8-9,11-12,14,16H,5-7,10H2,1-4H3. The Morgan fingerprint density at radius 1 is 1.43 bits per heavy atom. The fraction of sp³-hybridized carbons (Fsp3) is 0.769. The van der Waals surface area contributed by atoms with Gasteiger partial charge in [0.1, 0.15) is 4.90 Å². The predicted molar refractivity (Wildman–Crippen MR) is 81.6 cm³/mol. The average Bonchev–Trinajstić information content (AvgIpc) is 2.87. The van der Waals surface area contributed by atoms with Crippen molar-refractivity contribution in [2.45, 2.75) is 50.7 Å². The van der Waals surface area contributed by atoms with Crippen LogP contribution in [0.4, 0.5) is 0 Å². The smallest absolute Gasteiger partial charge is 0.244 e. The molecule has 1 atom stereocenters. The van der Waals surface area contributed by atoms with E-state index in [1.807, 2.05) is 6.92 Å². The van der Waals surface area contributed by atoms with Crippen LogP contribution in [0.3, 0.4) is 0 Å². The van der Waals surface area contributed by atoms with Crippen LogP contribution in [0.5, 0.6) is 0 Å². The summed E-state index contributed by atoms with van der Waals surface area (Å²) in [6, 6.07) is 0.163. The summed E-state index contributed by atoms with van der Waals surface area (Å²) in [5, 5.41) is 7.34. The Labute approximate surface area is 127 Å². The zero-order valence-corrected chi connectivity index (χ0v) is 14.0. The molecule has 0 aliphatic carbocycles. The number of nitrogens with one attached hydrogen (secondary N) is 2. The molecular formula is C13H26N4O3S. The van der Waals surface area contributed by atoms with Gasteiger partial charge in [0.05, 0.1) is 19.3 Å². The van der Waals surface area contributed by atoms with Crippen molar-refractivity contribution in [1.82, 2.24) is 19.8 Å². The first kappa shape index (κ1) is 18.1. The minimum atomic E-state index is -3.55. The molecule has 0 fully saturated rings. The molecule has 1 unspecified atom stereocenters. The van der Waals surface area contributed by atoms with E-state index in [1.54, 1.807) is 18.0 Å². The summed E-state index contributed by atoms with van der Waals surface area (Å²) in [5.74, 6) is 0. The third-order valence-corrected chi connectivity index (χ3v) is 4.47. The van der Waals surface area contributed by atoms with Crippen molar-refractivity contribution in [3.8, 4) is 0 Å². The first-order valence-electron chi connectivity index (χ1n) is 7.16. The van der Waals surface area contributed by atoms with Gasteiger partial charge in [-0.3, -0.25) is 4.68 Å². The molecule has 0 aliphatic rings. The van der Waals surface area contributed by atoms with Crippen molar-refractivity contribution >= 4 is 10.0 Å². The van der Waals surface area contributed by atoms with E-state index in [0.29, 0.717) is 25.6 Å². The van der Waals surface area contributed by atoms with E-state index in [2.05, 4.69) is 29.0 Å². The first-order valence-corrected chi connectivity index (χ1v) is 8.64. The molecule has 0 aromatic carbocycles. The Bertz CT molecular complexity index is 513. The van der Waals surface area contributed by atoms with Crippen LogP contribution >= 0.6 is 0 Å². The second-order valence-corrected chi connectivity index (χ2v) is 6.94. The van der Waals surface area contributed by atoms with Crippen molar-refractivity contribution < 1.29 is 13.2 Å². The molecule has 21 heavy (non-hydrogen) atoms. The largest absolute Gasteiger partial charge is 0.383 e. The summed E-state index contributed by atoms with van der Waals surface area (Å²) in [7, 11) is -2.00. The van der Waals surface area contributed by atoms with E-state index in [4.69, 9.17) is 4.74 Å². The van der Waals surface area contributed by atoms with E-state index < -0.39 is 10.0 Å². The van der Waals surface area contributed by atoms with Crippen molar-refractivity contribution in [3.63, 3.8) is 0 Å². The molecule has 1 aromatic heterocycles. The Kier molecular flexibility index (Phi) is 7.30. The normalized spacial score (nSPS) is 13.8. The van der Waals surface area contributed by atoms with Gasteiger partial charge in [-0.2, -0.15) is 5.10 Å². The maximum Gasteiger partial charge on any atom is 0.244 e. The van der Waals surface area contributed by atoms with Gasteiger partial charge in [0.15, 0.2) is 0 Å². The molecule has 0 bridgehead atoms. The van der Waals surface area contributed by atoms with Gasteiger partial charge in [-0.15, -0.1) is 0 Å². The highest BCUT2D eigenvalue weighted by Crippen LogP contribution is 2.08. The molecule has 0 saturated carbocycles. The lowest BCUT2D eigenvalue weighted by atomic mass is 10.3. The molecule has 2 N–H and O–H groups in total. The van der Waals surface area contributed by atoms with Crippen LogP contribution in [0, 0.1) is 0 Å². The van der Waals surface area contributed by atoms with Gasteiger partial charge in [0.25, 0.3) is 0 Å². The van der Waals surface area contributed by atoms with Crippen LogP contribution in [-0.4, -0.2) is 50.5 Å². The zero-order valence-electron chi connectivity index (χ0n) is 13.2. The summed E-state index contributed by atoms with van der Waals surface area (Å²) >= 11 is 0. The fourth-order valence-electron chi connectivity index (χ4n) is 1.80. The van der Waals surface area contributed by atoms with Gasteiger partial charge >= 0.3 is 0 Å². The number of ether oxygens (including phenoxy) is 1. The van der Waals surface area contributed by atoms with Crippen LogP contribution in [0.15, 0.2) is 17.3 Å². The number of sulfonamides is 1. The summed E-state index contributed by atoms with van der Waals surface area (Å²) in [5.41, 5.74) is 0. The maximum absolute atomic E-state index is 12.2. The molecule has 0 saturated heterocycles. The van der Waals surface area contributed by atoms with Gasteiger partial charge in [-0.05, 0) is 6.42 Å². The monoisotopic (exact) mass is 318 g/mol. The minimum Gasteiger partial charge on any atom is -0.383 e. The second-order valence-electron chi connectivity index (χ2n) is 5.23. The summed E-state index contributed by atoms with van der Waals surface area (Å²) in [6.45, 7) is 7.75. The number of rotatable bonds is 10. The molecule has 7 nitrogen and oxygen atoms in total. The average molecular weight is 318 g/mol. The van der Waals surface area contributed by atoms with Crippen LogP contribution in [0.25, 0.3) is 0 Å². The predicted octanol–water partition coefficient (Wildman–Crippen LogP) is 0.584. The van der Waals surface area contributed by atoms with Crippen molar-refractivity contribution in [3.05, 3.63) is 12.4 Å². The van der Waals surface area contributed by atoms with Crippen molar-refractivity contribution in [2.24, 2.45) is 0 Å². The third-order valence-electron chi connectivity index (χ3n) is 3.00. The quantitative estimate of drug-likeness (QED) is 0.659. The van der Waals surface area contributed by atoms with E-state index >= 15 is 0 Å². The van der Waals surface area contributed by atoms with Crippen molar-refractivity contribution in [2.75, 3.05) is 20.3 Å². The minimum absolute atomic E-state index is 0.182. The molecule has 0 spiro atoms. The van der Waals surface area contributed by atoms with Crippen LogP contribution in [0.2, 0.25) is 0 Å². The SMILES string of the molecule is CCC(COC)NS(=O)(=O)c1cnn(CCNC(C)C)c1. The van der Waals surface area contributed by atoms with Gasteiger partial charge in [0, 0.05) is 31.9 Å². The molecule has 122 valence electrons. The van der Waals surface area contributed by atoms with Crippen LogP contribution in [0.1, 0.15) is 27.2 Å². The Morgan fingerprint density at radius 2 is 2.14 bits per heavy atom. The van der Waals surface area contributed by atoms with Gasteiger partial charge in [0.2, 0.25) is 10.0 Å². The first-order chi connectivity index (χ1) is 9.89.